The van der Waals surface area contributed by atoms with Gasteiger partial charge in [-0.05, 0) is 25.7 Å². The number of hydrogen-bond donors (Lipinski definition) is 0. The van der Waals surface area contributed by atoms with Gasteiger partial charge in [0.1, 0.15) is 6.17 Å². The van der Waals surface area contributed by atoms with Crippen LogP contribution in [0.4, 0.5) is 4.39 Å². The normalized spacial score (nSPS) is 17.1. The van der Waals surface area contributed by atoms with Crippen LogP contribution in [0.25, 0.3) is 0 Å². The molecule has 0 aliphatic rings. The number of allylic oxidation sites excluding steroid dienone is 2. The van der Waals surface area contributed by atoms with E-state index >= 15 is 0 Å². The van der Waals surface area contributed by atoms with E-state index in [0.29, 0.717) is 5.92 Å². The van der Waals surface area contributed by atoms with Gasteiger partial charge < -0.3 is 0 Å². The van der Waals surface area contributed by atoms with Crippen molar-refractivity contribution in [2.75, 3.05) is 0 Å². The summed E-state index contributed by atoms with van der Waals surface area (Å²) >= 11 is 0. The summed E-state index contributed by atoms with van der Waals surface area (Å²) in [6.07, 6.45) is 6.36. The first-order valence-corrected chi connectivity index (χ1v) is 4.53. The lowest BCUT2D eigenvalue weighted by Gasteiger charge is -2.07. The Morgan fingerprint density at radius 2 is 1.91 bits per heavy atom. The molecule has 0 rings (SSSR count). The van der Waals surface area contributed by atoms with Gasteiger partial charge in [-0.15, -0.1) is 0 Å². The molecule has 0 amide bonds. The van der Waals surface area contributed by atoms with Gasteiger partial charge in [0, 0.05) is 0 Å². The standard InChI is InChI=1S/C10H19F/c1-4-6-10(5-2)8-7-9(3)11/h7-10H,4-6H2,1-3H3/b8-7-. The summed E-state index contributed by atoms with van der Waals surface area (Å²) in [5.41, 5.74) is 0. The van der Waals surface area contributed by atoms with E-state index in [2.05, 4.69) is 13.8 Å². The molecule has 0 saturated heterocycles. The summed E-state index contributed by atoms with van der Waals surface area (Å²) in [5.74, 6) is 0.582. The third kappa shape index (κ3) is 6.08. The first kappa shape index (κ1) is 10.7. The van der Waals surface area contributed by atoms with Crippen LogP contribution in [-0.2, 0) is 0 Å². The third-order valence-electron chi connectivity index (χ3n) is 1.83. The fraction of sp³-hybridized carbons (Fsp3) is 0.800. The average Bonchev–Trinajstić information content (AvgIpc) is 1.97. The molecule has 0 heterocycles. The molecule has 0 radical (unpaired) electrons. The summed E-state index contributed by atoms with van der Waals surface area (Å²) in [5, 5.41) is 0. The Bertz CT molecular complexity index is 105. The highest BCUT2D eigenvalue weighted by atomic mass is 19.1. The lowest BCUT2D eigenvalue weighted by molar-refractivity contribution is 0.426. The highest BCUT2D eigenvalue weighted by Crippen LogP contribution is 2.12. The van der Waals surface area contributed by atoms with Crippen molar-refractivity contribution in [3.05, 3.63) is 12.2 Å². The van der Waals surface area contributed by atoms with Crippen LogP contribution in [0, 0.1) is 5.92 Å². The molecule has 0 N–H and O–H groups in total. The van der Waals surface area contributed by atoms with E-state index in [9.17, 15) is 4.39 Å². The molecule has 0 aliphatic heterocycles. The molecule has 0 nitrogen and oxygen atoms in total. The van der Waals surface area contributed by atoms with Crippen molar-refractivity contribution in [2.45, 2.75) is 46.2 Å². The Morgan fingerprint density at radius 1 is 1.27 bits per heavy atom. The highest BCUT2D eigenvalue weighted by Gasteiger charge is 1.99. The van der Waals surface area contributed by atoms with Gasteiger partial charge in [0.15, 0.2) is 0 Å². The second-order valence-corrected chi connectivity index (χ2v) is 3.02. The summed E-state index contributed by atoms with van der Waals surface area (Å²) in [4.78, 5) is 0. The number of alkyl halides is 1. The smallest absolute Gasteiger partial charge is 0.115 e. The molecule has 0 fully saturated rings. The molecule has 0 saturated carbocycles. The van der Waals surface area contributed by atoms with Crippen molar-refractivity contribution in [3.63, 3.8) is 0 Å². The van der Waals surface area contributed by atoms with Crippen molar-refractivity contribution in [1.29, 1.82) is 0 Å². The lowest BCUT2D eigenvalue weighted by atomic mass is 10.00. The predicted octanol–water partition coefficient (Wildman–Crippen LogP) is 3.73. The summed E-state index contributed by atoms with van der Waals surface area (Å²) in [6, 6.07) is 0. The lowest BCUT2D eigenvalue weighted by Crippen LogP contribution is -1.94. The zero-order chi connectivity index (χ0) is 8.69. The molecule has 0 spiro atoms. The van der Waals surface area contributed by atoms with E-state index in [4.69, 9.17) is 0 Å². The van der Waals surface area contributed by atoms with Crippen LogP contribution >= 0.6 is 0 Å². The summed E-state index contributed by atoms with van der Waals surface area (Å²) < 4.78 is 12.4. The van der Waals surface area contributed by atoms with Crippen LogP contribution in [-0.4, -0.2) is 6.17 Å². The monoisotopic (exact) mass is 158 g/mol. The van der Waals surface area contributed by atoms with Crippen LogP contribution in [0.15, 0.2) is 12.2 Å². The number of rotatable bonds is 5. The Morgan fingerprint density at radius 3 is 2.27 bits per heavy atom. The number of hydrogen-bond acceptors (Lipinski definition) is 0. The molecule has 0 aromatic heterocycles. The van der Waals surface area contributed by atoms with Gasteiger partial charge in [0.2, 0.25) is 0 Å². The summed E-state index contributed by atoms with van der Waals surface area (Å²) in [7, 11) is 0. The topological polar surface area (TPSA) is 0 Å². The van der Waals surface area contributed by atoms with Crippen molar-refractivity contribution < 1.29 is 4.39 Å². The largest absolute Gasteiger partial charge is 0.243 e. The van der Waals surface area contributed by atoms with Gasteiger partial charge in [-0.3, -0.25) is 0 Å². The quantitative estimate of drug-likeness (QED) is 0.535. The molecule has 11 heavy (non-hydrogen) atoms. The van der Waals surface area contributed by atoms with Gasteiger partial charge in [0.25, 0.3) is 0 Å². The summed E-state index contributed by atoms with van der Waals surface area (Å²) in [6.45, 7) is 5.87. The Hall–Kier alpha value is -0.330. The molecule has 0 aliphatic carbocycles. The van der Waals surface area contributed by atoms with Gasteiger partial charge in [0.05, 0.1) is 0 Å². The van der Waals surface area contributed by atoms with Crippen molar-refractivity contribution >= 4 is 0 Å². The van der Waals surface area contributed by atoms with E-state index in [1.165, 1.54) is 12.8 Å². The van der Waals surface area contributed by atoms with Crippen molar-refractivity contribution in [3.8, 4) is 0 Å². The maximum atomic E-state index is 12.4. The molecular formula is C10H19F. The van der Waals surface area contributed by atoms with Gasteiger partial charge in [-0.1, -0.05) is 32.4 Å². The molecule has 2 unspecified atom stereocenters. The van der Waals surface area contributed by atoms with Crippen LogP contribution < -0.4 is 0 Å². The zero-order valence-corrected chi connectivity index (χ0v) is 7.81. The fourth-order valence-electron chi connectivity index (χ4n) is 1.12. The first-order chi connectivity index (χ1) is 5.20. The van der Waals surface area contributed by atoms with E-state index in [1.54, 1.807) is 13.0 Å². The Kier molecular flexibility index (Phi) is 6.19. The maximum Gasteiger partial charge on any atom is 0.115 e. The molecule has 1 heteroatoms. The van der Waals surface area contributed by atoms with E-state index < -0.39 is 6.17 Å². The molecule has 0 aromatic carbocycles. The molecule has 66 valence electrons. The van der Waals surface area contributed by atoms with Gasteiger partial charge in [-0.25, -0.2) is 4.39 Å². The Labute approximate surface area is 69.5 Å². The Balaban J connectivity index is 3.66. The van der Waals surface area contributed by atoms with Gasteiger partial charge in [-0.2, -0.15) is 0 Å². The molecule has 0 bridgehead atoms. The SMILES string of the molecule is CCCC(/C=C\C(C)F)CC. The second kappa shape index (κ2) is 6.38. The highest BCUT2D eigenvalue weighted by molar-refractivity contribution is 4.91. The zero-order valence-electron chi connectivity index (χ0n) is 7.81. The van der Waals surface area contributed by atoms with Crippen LogP contribution in [0.3, 0.4) is 0 Å². The average molecular weight is 158 g/mol. The van der Waals surface area contributed by atoms with E-state index in [-0.39, 0.29) is 0 Å². The van der Waals surface area contributed by atoms with Crippen molar-refractivity contribution in [2.24, 2.45) is 5.92 Å². The van der Waals surface area contributed by atoms with Crippen LogP contribution in [0.5, 0.6) is 0 Å². The minimum Gasteiger partial charge on any atom is -0.243 e. The number of halogens is 1. The fourth-order valence-corrected chi connectivity index (χ4v) is 1.12. The van der Waals surface area contributed by atoms with E-state index in [0.717, 1.165) is 6.42 Å². The third-order valence-corrected chi connectivity index (χ3v) is 1.83. The second-order valence-electron chi connectivity index (χ2n) is 3.02. The minimum absolute atomic E-state index is 0.582. The molecular weight excluding hydrogens is 139 g/mol. The maximum absolute atomic E-state index is 12.4. The van der Waals surface area contributed by atoms with Crippen LogP contribution in [0.1, 0.15) is 40.0 Å². The first-order valence-electron chi connectivity index (χ1n) is 4.53. The van der Waals surface area contributed by atoms with E-state index in [1.807, 2.05) is 6.08 Å². The molecule has 2 atom stereocenters. The predicted molar refractivity (Wildman–Crippen MR) is 48.4 cm³/mol. The van der Waals surface area contributed by atoms with Crippen LogP contribution in [0.2, 0.25) is 0 Å². The van der Waals surface area contributed by atoms with Crippen molar-refractivity contribution in [1.82, 2.24) is 0 Å². The van der Waals surface area contributed by atoms with Gasteiger partial charge >= 0.3 is 0 Å². The molecule has 0 aromatic rings. The minimum atomic E-state index is -0.791.